The fourth-order valence-electron chi connectivity index (χ4n) is 2.87. The van der Waals surface area contributed by atoms with Crippen LogP contribution in [0.5, 0.6) is 0 Å². The third-order valence-electron chi connectivity index (χ3n) is 3.91. The Kier molecular flexibility index (Phi) is 4.67. The lowest BCUT2D eigenvalue weighted by Gasteiger charge is -2.25. The lowest BCUT2D eigenvalue weighted by Crippen LogP contribution is -2.32. The number of nitrogens with zero attached hydrogens (tertiary/aromatic N) is 1. The van der Waals surface area contributed by atoms with Gasteiger partial charge in [0.2, 0.25) is 10.0 Å². The molecule has 0 aliphatic carbocycles. The summed E-state index contributed by atoms with van der Waals surface area (Å²) in [5.74, 6) is 0. The van der Waals surface area contributed by atoms with Gasteiger partial charge < -0.3 is 0 Å². The molecule has 0 radical (unpaired) electrons. The van der Waals surface area contributed by atoms with Crippen molar-refractivity contribution in [3.8, 4) is 0 Å². The SMILES string of the molecule is O=S(=O)(c1ccc(Cl)cc1C(F)(F)F)N1CCC[C@@H]1c1cccs1. The van der Waals surface area contributed by atoms with E-state index in [1.165, 1.54) is 17.4 Å². The molecule has 1 aliphatic rings. The minimum atomic E-state index is -4.80. The van der Waals surface area contributed by atoms with Gasteiger partial charge in [-0.15, -0.1) is 11.3 Å². The molecule has 1 saturated heterocycles. The number of alkyl halides is 3. The summed E-state index contributed by atoms with van der Waals surface area (Å²) >= 11 is 7.03. The molecule has 3 rings (SSSR count). The Morgan fingerprint density at radius 2 is 2.00 bits per heavy atom. The Morgan fingerprint density at radius 1 is 1.25 bits per heavy atom. The molecule has 1 aliphatic heterocycles. The van der Waals surface area contributed by atoms with Gasteiger partial charge in [0.1, 0.15) is 0 Å². The van der Waals surface area contributed by atoms with Crippen LogP contribution in [0.2, 0.25) is 5.02 Å². The van der Waals surface area contributed by atoms with Gasteiger partial charge in [0, 0.05) is 16.4 Å². The molecule has 0 amide bonds. The highest BCUT2D eigenvalue weighted by Gasteiger charge is 2.42. The van der Waals surface area contributed by atoms with Crippen LogP contribution in [0.3, 0.4) is 0 Å². The molecular formula is C15H13ClF3NO2S2. The molecule has 1 atom stereocenters. The summed E-state index contributed by atoms with van der Waals surface area (Å²) in [4.78, 5) is 0.0847. The normalized spacial score (nSPS) is 19.8. The van der Waals surface area contributed by atoms with Crippen molar-refractivity contribution in [2.24, 2.45) is 0 Å². The number of hydrogen-bond donors (Lipinski definition) is 0. The predicted molar refractivity (Wildman–Crippen MR) is 86.6 cm³/mol. The highest BCUT2D eigenvalue weighted by molar-refractivity contribution is 7.89. The second-order valence-corrected chi connectivity index (χ2v) is 8.70. The van der Waals surface area contributed by atoms with Crippen molar-refractivity contribution in [2.45, 2.75) is 30.0 Å². The fraction of sp³-hybridized carbons (Fsp3) is 0.333. The molecule has 2 heterocycles. The van der Waals surface area contributed by atoms with Crippen molar-refractivity contribution in [3.05, 3.63) is 51.2 Å². The molecule has 130 valence electrons. The molecule has 1 aromatic heterocycles. The van der Waals surface area contributed by atoms with Crippen LogP contribution in [0.15, 0.2) is 40.6 Å². The second-order valence-electron chi connectivity index (χ2n) is 5.43. The first kappa shape index (κ1) is 17.7. The van der Waals surface area contributed by atoms with Gasteiger partial charge in [-0.2, -0.15) is 17.5 Å². The van der Waals surface area contributed by atoms with E-state index < -0.39 is 32.7 Å². The van der Waals surface area contributed by atoms with Crippen LogP contribution < -0.4 is 0 Å². The molecule has 9 heteroatoms. The van der Waals surface area contributed by atoms with E-state index in [0.29, 0.717) is 18.9 Å². The van der Waals surface area contributed by atoms with Gasteiger partial charge in [0.05, 0.1) is 16.5 Å². The maximum absolute atomic E-state index is 13.3. The van der Waals surface area contributed by atoms with E-state index >= 15 is 0 Å². The topological polar surface area (TPSA) is 37.4 Å². The van der Waals surface area contributed by atoms with E-state index in [4.69, 9.17) is 11.6 Å². The summed E-state index contributed by atoms with van der Waals surface area (Å²) in [6, 6.07) is 5.93. The molecule has 1 fully saturated rings. The quantitative estimate of drug-likeness (QED) is 0.737. The van der Waals surface area contributed by atoms with Gasteiger partial charge in [-0.1, -0.05) is 17.7 Å². The largest absolute Gasteiger partial charge is 0.417 e. The summed E-state index contributed by atoms with van der Waals surface area (Å²) in [6.07, 6.45) is -3.60. The molecule has 1 aromatic carbocycles. The van der Waals surface area contributed by atoms with E-state index in [-0.39, 0.29) is 11.6 Å². The monoisotopic (exact) mass is 395 g/mol. The van der Waals surface area contributed by atoms with Crippen LogP contribution in [-0.4, -0.2) is 19.3 Å². The third kappa shape index (κ3) is 3.20. The van der Waals surface area contributed by atoms with Crippen LogP contribution in [0.25, 0.3) is 0 Å². The van der Waals surface area contributed by atoms with Gasteiger partial charge >= 0.3 is 6.18 Å². The summed E-state index contributed by atoms with van der Waals surface area (Å²) in [6.45, 7) is 0.199. The highest BCUT2D eigenvalue weighted by atomic mass is 35.5. The van der Waals surface area contributed by atoms with E-state index in [1.807, 2.05) is 5.38 Å². The second kappa shape index (κ2) is 6.33. The number of hydrogen-bond acceptors (Lipinski definition) is 3. The van der Waals surface area contributed by atoms with Crippen molar-refractivity contribution >= 4 is 33.0 Å². The van der Waals surface area contributed by atoms with Crippen molar-refractivity contribution in [1.82, 2.24) is 4.31 Å². The van der Waals surface area contributed by atoms with Crippen molar-refractivity contribution in [1.29, 1.82) is 0 Å². The molecule has 2 aromatic rings. The summed E-state index contributed by atoms with van der Waals surface area (Å²) < 4.78 is 66.8. The Labute approximate surface area is 146 Å². The molecule has 0 saturated carbocycles. The molecule has 0 N–H and O–H groups in total. The fourth-order valence-corrected chi connectivity index (χ4v) is 5.85. The van der Waals surface area contributed by atoms with Crippen LogP contribution in [-0.2, 0) is 16.2 Å². The number of rotatable bonds is 3. The van der Waals surface area contributed by atoms with Gasteiger partial charge in [0.15, 0.2) is 0 Å². The summed E-state index contributed by atoms with van der Waals surface area (Å²) in [7, 11) is -4.28. The Morgan fingerprint density at radius 3 is 2.62 bits per heavy atom. The highest BCUT2D eigenvalue weighted by Crippen LogP contribution is 2.42. The number of sulfonamides is 1. The standard InChI is InChI=1S/C15H13ClF3NO2S2/c16-10-5-6-14(11(9-10)15(17,18)19)24(21,22)20-7-1-3-12(20)13-4-2-8-23-13/h2,4-6,8-9,12H,1,3,7H2/t12-/m1/s1. The summed E-state index contributed by atoms with van der Waals surface area (Å²) in [5.41, 5.74) is -1.23. The minimum absolute atomic E-state index is 0.155. The van der Waals surface area contributed by atoms with Crippen molar-refractivity contribution in [3.63, 3.8) is 0 Å². The Hall–Kier alpha value is -1.09. The Balaban J connectivity index is 2.08. The van der Waals surface area contributed by atoms with Crippen LogP contribution >= 0.6 is 22.9 Å². The minimum Gasteiger partial charge on any atom is -0.207 e. The first-order chi connectivity index (χ1) is 11.2. The average Bonchev–Trinajstić information content (AvgIpc) is 3.17. The number of halogens is 4. The maximum atomic E-state index is 13.3. The zero-order valence-corrected chi connectivity index (χ0v) is 14.6. The lowest BCUT2D eigenvalue weighted by molar-refractivity contribution is -0.139. The molecule has 3 nitrogen and oxygen atoms in total. The van der Waals surface area contributed by atoms with Crippen LogP contribution in [0.1, 0.15) is 29.3 Å². The molecule has 0 spiro atoms. The molecule has 0 bridgehead atoms. The first-order valence-electron chi connectivity index (χ1n) is 7.13. The van der Waals surface area contributed by atoms with Crippen molar-refractivity contribution in [2.75, 3.05) is 6.54 Å². The maximum Gasteiger partial charge on any atom is 0.417 e. The van der Waals surface area contributed by atoms with Gasteiger partial charge in [-0.25, -0.2) is 8.42 Å². The van der Waals surface area contributed by atoms with Crippen molar-refractivity contribution < 1.29 is 21.6 Å². The molecular weight excluding hydrogens is 383 g/mol. The molecule has 0 unspecified atom stereocenters. The van der Waals surface area contributed by atoms with Crippen LogP contribution in [0, 0.1) is 0 Å². The zero-order valence-electron chi connectivity index (χ0n) is 12.3. The van der Waals surface area contributed by atoms with Crippen LogP contribution in [0.4, 0.5) is 13.2 Å². The molecule has 24 heavy (non-hydrogen) atoms. The third-order valence-corrected chi connectivity index (χ3v) is 7.08. The van der Waals surface area contributed by atoms with Gasteiger partial charge in [-0.05, 0) is 42.5 Å². The first-order valence-corrected chi connectivity index (χ1v) is 9.83. The zero-order chi connectivity index (χ0) is 17.5. The predicted octanol–water partition coefficient (Wildman–Crippen LogP) is 4.95. The van der Waals surface area contributed by atoms with E-state index in [2.05, 4.69) is 0 Å². The number of benzene rings is 1. The van der Waals surface area contributed by atoms with E-state index in [1.54, 1.807) is 12.1 Å². The Bertz CT molecular complexity index is 835. The van der Waals surface area contributed by atoms with E-state index in [9.17, 15) is 21.6 Å². The average molecular weight is 396 g/mol. The van der Waals surface area contributed by atoms with Gasteiger partial charge in [0.25, 0.3) is 0 Å². The van der Waals surface area contributed by atoms with E-state index in [0.717, 1.165) is 15.2 Å². The summed E-state index contributed by atoms with van der Waals surface area (Å²) in [5, 5.41) is 1.67. The smallest absolute Gasteiger partial charge is 0.207 e. The lowest BCUT2D eigenvalue weighted by atomic mass is 10.2. The van der Waals surface area contributed by atoms with Gasteiger partial charge in [-0.3, -0.25) is 0 Å². The number of thiophene rings is 1.